The van der Waals surface area contributed by atoms with Crippen LogP contribution in [0.15, 0.2) is 0 Å². The first-order chi connectivity index (χ1) is 7.36. The van der Waals surface area contributed by atoms with Crippen molar-refractivity contribution in [3.8, 4) is 0 Å². The summed E-state index contributed by atoms with van der Waals surface area (Å²) in [6, 6.07) is 0.834. The van der Waals surface area contributed by atoms with Gasteiger partial charge in [0.2, 0.25) is 0 Å². The summed E-state index contributed by atoms with van der Waals surface area (Å²) in [5, 5.41) is 3.68. The third kappa shape index (κ3) is 2.36. The van der Waals surface area contributed by atoms with E-state index in [0.717, 1.165) is 12.0 Å². The molecular formula is C13H26N2. The van der Waals surface area contributed by atoms with Gasteiger partial charge < -0.3 is 5.32 Å². The first-order valence-electron chi connectivity index (χ1n) is 6.86. The number of hydrogen-bond donors (Lipinski definition) is 1. The fourth-order valence-electron chi connectivity index (χ4n) is 3.51. The van der Waals surface area contributed by atoms with Crippen LogP contribution in [0.2, 0.25) is 0 Å². The first kappa shape index (κ1) is 11.4. The third-order valence-corrected chi connectivity index (χ3v) is 4.33. The van der Waals surface area contributed by atoms with Gasteiger partial charge in [0.05, 0.1) is 6.17 Å². The summed E-state index contributed by atoms with van der Waals surface area (Å²) in [7, 11) is 0. The molecule has 0 amide bonds. The van der Waals surface area contributed by atoms with Crippen molar-refractivity contribution in [3.05, 3.63) is 0 Å². The Labute approximate surface area is 94.4 Å². The lowest BCUT2D eigenvalue weighted by atomic mass is 9.83. The van der Waals surface area contributed by atoms with Crippen LogP contribution in [0.3, 0.4) is 0 Å². The molecule has 0 aromatic carbocycles. The molecule has 2 atom stereocenters. The highest BCUT2D eigenvalue weighted by Crippen LogP contribution is 2.31. The van der Waals surface area contributed by atoms with E-state index in [2.05, 4.69) is 24.1 Å². The minimum atomic E-state index is 0.655. The normalized spacial score (nSPS) is 34.8. The summed E-state index contributed by atoms with van der Waals surface area (Å²) in [6.45, 7) is 7.05. The summed E-state index contributed by atoms with van der Waals surface area (Å²) in [5.74, 6) is 0.975. The number of nitrogens with zero attached hydrogens (tertiary/aromatic N) is 1. The monoisotopic (exact) mass is 210 g/mol. The second kappa shape index (κ2) is 5.31. The van der Waals surface area contributed by atoms with E-state index in [1.165, 1.54) is 51.6 Å². The van der Waals surface area contributed by atoms with Gasteiger partial charge in [-0.1, -0.05) is 33.1 Å². The van der Waals surface area contributed by atoms with Crippen molar-refractivity contribution in [1.29, 1.82) is 0 Å². The molecule has 88 valence electrons. The van der Waals surface area contributed by atoms with Gasteiger partial charge in [0.15, 0.2) is 0 Å². The highest BCUT2D eigenvalue weighted by Gasteiger charge is 2.35. The molecule has 1 N–H and O–H groups in total. The van der Waals surface area contributed by atoms with Crippen LogP contribution in [0.1, 0.15) is 52.4 Å². The molecule has 1 heterocycles. The SMILES string of the molecule is CCC1NCC(C2CCCCC2)N1CC. The molecule has 0 spiro atoms. The zero-order chi connectivity index (χ0) is 10.7. The van der Waals surface area contributed by atoms with Crippen molar-refractivity contribution in [3.63, 3.8) is 0 Å². The number of rotatable bonds is 3. The number of likely N-dealkylation sites (N-methyl/N-ethyl adjacent to an activating group) is 1. The molecule has 2 nitrogen and oxygen atoms in total. The Morgan fingerprint density at radius 1 is 1.13 bits per heavy atom. The fraction of sp³-hybridized carbons (Fsp3) is 1.00. The summed E-state index contributed by atoms with van der Waals surface area (Å²) in [4.78, 5) is 2.70. The molecular weight excluding hydrogens is 184 g/mol. The van der Waals surface area contributed by atoms with Gasteiger partial charge in [-0.15, -0.1) is 0 Å². The molecule has 2 heteroatoms. The molecule has 1 saturated carbocycles. The van der Waals surface area contributed by atoms with E-state index in [1.807, 2.05) is 0 Å². The maximum Gasteiger partial charge on any atom is 0.0597 e. The van der Waals surface area contributed by atoms with Gasteiger partial charge in [-0.25, -0.2) is 0 Å². The Balaban J connectivity index is 1.95. The van der Waals surface area contributed by atoms with E-state index in [4.69, 9.17) is 0 Å². The molecule has 2 unspecified atom stereocenters. The van der Waals surface area contributed by atoms with Gasteiger partial charge in [0.25, 0.3) is 0 Å². The summed E-state index contributed by atoms with van der Waals surface area (Å²) in [6.07, 6.45) is 9.25. The van der Waals surface area contributed by atoms with E-state index < -0.39 is 0 Å². The molecule has 0 radical (unpaired) electrons. The van der Waals surface area contributed by atoms with Crippen LogP contribution in [0.5, 0.6) is 0 Å². The Morgan fingerprint density at radius 2 is 1.87 bits per heavy atom. The minimum Gasteiger partial charge on any atom is -0.300 e. The van der Waals surface area contributed by atoms with E-state index >= 15 is 0 Å². The molecule has 0 aromatic heterocycles. The van der Waals surface area contributed by atoms with Gasteiger partial charge >= 0.3 is 0 Å². The van der Waals surface area contributed by atoms with Crippen LogP contribution in [-0.4, -0.2) is 30.2 Å². The largest absolute Gasteiger partial charge is 0.300 e. The van der Waals surface area contributed by atoms with Crippen LogP contribution >= 0.6 is 0 Å². The number of nitrogens with one attached hydrogen (secondary N) is 1. The Bertz CT molecular complexity index is 187. The second-order valence-corrected chi connectivity index (χ2v) is 5.13. The van der Waals surface area contributed by atoms with Crippen LogP contribution < -0.4 is 5.32 Å². The van der Waals surface area contributed by atoms with E-state index in [0.29, 0.717) is 6.17 Å². The van der Waals surface area contributed by atoms with E-state index in [-0.39, 0.29) is 0 Å². The highest BCUT2D eigenvalue weighted by atomic mass is 15.3. The van der Waals surface area contributed by atoms with Crippen molar-refractivity contribution in [2.24, 2.45) is 5.92 Å². The molecule has 0 aromatic rings. The van der Waals surface area contributed by atoms with Crippen molar-refractivity contribution >= 4 is 0 Å². The molecule has 1 aliphatic carbocycles. The first-order valence-corrected chi connectivity index (χ1v) is 6.86. The Morgan fingerprint density at radius 3 is 2.47 bits per heavy atom. The maximum absolute atomic E-state index is 3.68. The standard InChI is InChI=1S/C13H26N2/c1-3-13-14-10-12(15(13)4-2)11-8-6-5-7-9-11/h11-14H,3-10H2,1-2H3. The Hall–Kier alpha value is -0.0800. The van der Waals surface area contributed by atoms with Crippen molar-refractivity contribution in [1.82, 2.24) is 10.2 Å². The Kier molecular flexibility index (Phi) is 4.04. The van der Waals surface area contributed by atoms with Gasteiger partial charge in [-0.05, 0) is 31.7 Å². The average Bonchev–Trinajstić information content (AvgIpc) is 2.72. The predicted molar refractivity (Wildman–Crippen MR) is 64.8 cm³/mol. The second-order valence-electron chi connectivity index (χ2n) is 5.13. The zero-order valence-corrected chi connectivity index (χ0v) is 10.3. The predicted octanol–water partition coefficient (Wildman–Crippen LogP) is 2.60. The van der Waals surface area contributed by atoms with Crippen LogP contribution in [0.4, 0.5) is 0 Å². The summed E-state index contributed by atoms with van der Waals surface area (Å²) >= 11 is 0. The van der Waals surface area contributed by atoms with E-state index in [9.17, 15) is 0 Å². The van der Waals surface area contributed by atoms with Crippen molar-refractivity contribution in [2.75, 3.05) is 13.1 Å². The maximum atomic E-state index is 3.68. The van der Waals surface area contributed by atoms with Crippen molar-refractivity contribution in [2.45, 2.75) is 64.6 Å². The molecule has 1 saturated heterocycles. The van der Waals surface area contributed by atoms with Crippen LogP contribution in [0, 0.1) is 5.92 Å². The van der Waals surface area contributed by atoms with Gasteiger partial charge in [0.1, 0.15) is 0 Å². The quantitative estimate of drug-likeness (QED) is 0.770. The minimum absolute atomic E-state index is 0.655. The average molecular weight is 210 g/mol. The molecule has 2 rings (SSSR count). The van der Waals surface area contributed by atoms with Gasteiger partial charge in [-0.3, -0.25) is 4.90 Å². The number of hydrogen-bond acceptors (Lipinski definition) is 2. The highest BCUT2D eigenvalue weighted by molar-refractivity contribution is 4.91. The van der Waals surface area contributed by atoms with E-state index in [1.54, 1.807) is 0 Å². The molecule has 2 aliphatic rings. The zero-order valence-electron chi connectivity index (χ0n) is 10.3. The molecule has 0 bridgehead atoms. The van der Waals surface area contributed by atoms with Gasteiger partial charge in [0, 0.05) is 12.6 Å². The smallest absolute Gasteiger partial charge is 0.0597 e. The van der Waals surface area contributed by atoms with Gasteiger partial charge in [-0.2, -0.15) is 0 Å². The summed E-state index contributed by atoms with van der Waals surface area (Å²) in [5.41, 5.74) is 0. The topological polar surface area (TPSA) is 15.3 Å². The van der Waals surface area contributed by atoms with Crippen molar-refractivity contribution < 1.29 is 0 Å². The molecule has 2 fully saturated rings. The molecule has 15 heavy (non-hydrogen) atoms. The molecule has 1 aliphatic heterocycles. The lowest BCUT2D eigenvalue weighted by Gasteiger charge is -2.34. The van der Waals surface area contributed by atoms with Crippen LogP contribution in [-0.2, 0) is 0 Å². The summed E-state index contributed by atoms with van der Waals surface area (Å²) < 4.78 is 0. The third-order valence-electron chi connectivity index (χ3n) is 4.33. The van der Waals surface area contributed by atoms with Crippen LogP contribution in [0.25, 0.3) is 0 Å². The lowest BCUT2D eigenvalue weighted by Crippen LogP contribution is -2.42. The lowest BCUT2D eigenvalue weighted by molar-refractivity contribution is 0.130. The fourth-order valence-corrected chi connectivity index (χ4v) is 3.51.